The van der Waals surface area contributed by atoms with Crippen LogP contribution in [0, 0.1) is 23.2 Å². The first-order valence-corrected chi connectivity index (χ1v) is 29.4. The van der Waals surface area contributed by atoms with Gasteiger partial charge in [-0.15, -0.1) is 0 Å². The van der Waals surface area contributed by atoms with Crippen molar-refractivity contribution in [2.45, 2.75) is 193 Å². The molecule has 5 rings (SSSR count). The van der Waals surface area contributed by atoms with Gasteiger partial charge < -0.3 is 81.3 Å². The van der Waals surface area contributed by atoms with Gasteiger partial charge in [-0.1, -0.05) is 82.6 Å². The van der Waals surface area contributed by atoms with E-state index < -0.39 is 150 Å². The van der Waals surface area contributed by atoms with E-state index in [0.29, 0.717) is 21.9 Å². The number of epoxide rings is 1. The molecule has 2 aromatic rings. The van der Waals surface area contributed by atoms with E-state index in [9.17, 15) is 58.5 Å². The summed E-state index contributed by atoms with van der Waals surface area (Å²) in [5, 5.41) is 59.4. The molecule has 2 aromatic carbocycles. The van der Waals surface area contributed by atoms with Gasteiger partial charge in [0, 0.05) is 64.3 Å². The number of aliphatic hydroxyl groups excluding tert-OH is 3. The molecular formula is C60H86ClN7O18. The van der Waals surface area contributed by atoms with Gasteiger partial charge in [-0.05, 0) is 86.8 Å². The second kappa shape index (κ2) is 32.3. The lowest BCUT2D eigenvalue weighted by Crippen LogP contribution is -2.60. The Morgan fingerprint density at radius 1 is 0.802 bits per heavy atom. The minimum absolute atomic E-state index is 0.0336. The summed E-state index contributed by atoms with van der Waals surface area (Å²) < 4.78 is 28.3. The van der Waals surface area contributed by atoms with Crippen molar-refractivity contribution < 1.29 is 87.3 Å². The first-order chi connectivity index (χ1) is 40.5. The number of carboxylic acids is 1. The lowest BCUT2D eigenvalue weighted by molar-refractivity contribution is -0.288. The number of nitrogens with one attached hydrogen (secondary N) is 7. The van der Waals surface area contributed by atoms with Crippen molar-refractivity contribution in [3.8, 4) is 5.75 Å². The quantitative estimate of drug-likeness (QED) is 0.0500. The summed E-state index contributed by atoms with van der Waals surface area (Å²) >= 11 is 6.41. The number of rotatable bonds is 25. The Morgan fingerprint density at radius 2 is 1.49 bits per heavy atom. The molecule has 25 nitrogen and oxygen atoms in total. The van der Waals surface area contributed by atoms with E-state index in [1.807, 2.05) is 20.8 Å². The zero-order valence-corrected chi connectivity index (χ0v) is 51.1. The number of amides is 7. The number of halogens is 1. The molecule has 11 N–H and O–H groups in total. The van der Waals surface area contributed by atoms with E-state index >= 15 is 0 Å². The highest BCUT2D eigenvalue weighted by molar-refractivity contribution is 6.32. The second-order valence-electron chi connectivity index (χ2n) is 23.5. The Morgan fingerprint density at radius 3 is 2.12 bits per heavy atom. The first kappa shape index (κ1) is 70.0. The van der Waals surface area contributed by atoms with Gasteiger partial charge in [0.05, 0.1) is 23.7 Å². The molecule has 0 aromatic heterocycles. The van der Waals surface area contributed by atoms with E-state index in [1.54, 1.807) is 83.2 Å². The van der Waals surface area contributed by atoms with Crippen molar-refractivity contribution >= 4 is 64.9 Å². The first-order valence-electron chi connectivity index (χ1n) is 29.0. The topological polar surface area (TPSA) is 368 Å². The van der Waals surface area contributed by atoms with Crippen molar-refractivity contribution in [2.24, 2.45) is 23.2 Å². The predicted octanol–water partition coefficient (Wildman–Crippen LogP) is 1.93. The summed E-state index contributed by atoms with van der Waals surface area (Å²) in [6.45, 7) is 13.6. The van der Waals surface area contributed by atoms with Gasteiger partial charge in [-0.25, -0.2) is 4.79 Å². The van der Waals surface area contributed by atoms with Crippen LogP contribution in [0.3, 0.4) is 0 Å². The van der Waals surface area contributed by atoms with Crippen LogP contribution in [-0.2, 0) is 75.1 Å². The largest absolute Gasteiger partial charge is 0.495 e. The highest BCUT2D eigenvalue weighted by Crippen LogP contribution is 2.45. The summed E-state index contributed by atoms with van der Waals surface area (Å²) in [5.74, 6) is -6.57. The van der Waals surface area contributed by atoms with Gasteiger partial charge in [-0.3, -0.25) is 38.4 Å². The van der Waals surface area contributed by atoms with Gasteiger partial charge >= 0.3 is 11.9 Å². The van der Waals surface area contributed by atoms with E-state index in [1.165, 1.54) is 20.3 Å². The summed E-state index contributed by atoms with van der Waals surface area (Å²) in [6, 6.07) is 6.76. The van der Waals surface area contributed by atoms with Crippen LogP contribution >= 0.6 is 11.6 Å². The molecule has 2 saturated heterocycles. The summed E-state index contributed by atoms with van der Waals surface area (Å²) in [6.07, 6.45) is -6.78. The van der Waals surface area contributed by atoms with Gasteiger partial charge in [0.1, 0.15) is 66.5 Å². The third kappa shape index (κ3) is 20.2. The van der Waals surface area contributed by atoms with Gasteiger partial charge in [0.15, 0.2) is 6.29 Å². The molecule has 0 spiro atoms. The second-order valence-corrected chi connectivity index (χ2v) is 23.9. The lowest BCUT2D eigenvalue weighted by atomic mass is 9.83. The number of aliphatic carboxylic acids is 1. The fourth-order valence-electron chi connectivity index (χ4n) is 9.84. The van der Waals surface area contributed by atoms with E-state index in [0.717, 1.165) is 5.56 Å². The fraction of sp³-hybridized carbons (Fsp3) is 0.617. The SMILES string of the molecule is COc1ccc(C[C@H]2NC(=O)/C=C/C[C@@H]([C@H](C)[C@H]3O[C@@H]3c3ccc(CNC(=O)[C@H](CCC(=O)NC[C@H]4O[C@@H](OC)[C@H](O)[C@@H](O)[C@@H]4O)NC(=O)[C@@H](NC(=O)CCCC(=O)O)C(C)C)cc3)OC(=O)[C@H](CC(C)C)NC(=O)C(C)(C)[C@H](C)NC2=O)cc1Cl. The smallest absolute Gasteiger partial charge is 0.328 e. The molecule has 0 unspecified atom stereocenters. The molecule has 3 aliphatic rings. The molecule has 3 aliphatic heterocycles. The molecule has 0 saturated carbocycles. The number of methoxy groups -OCH3 is 2. The number of ether oxygens (including phenoxy) is 5. The maximum atomic E-state index is 14.2. The van der Waals surface area contributed by atoms with Crippen LogP contribution in [0.25, 0.3) is 0 Å². The number of aliphatic hydroxyl groups is 3. The molecule has 86 heavy (non-hydrogen) atoms. The molecule has 3 heterocycles. The van der Waals surface area contributed by atoms with Crippen LogP contribution in [0.4, 0.5) is 0 Å². The Labute approximate surface area is 506 Å². The van der Waals surface area contributed by atoms with Gasteiger partial charge in [0.25, 0.3) is 0 Å². The van der Waals surface area contributed by atoms with Gasteiger partial charge in [-0.2, -0.15) is 0 Å². The highest BCUT2D eigenvalue weighted by atomic mass is 35.5. The zero-order valence-electron chi connectivity index (χ0n) is 50.4. The maximum absolute atomic E-state index is 14.2. The Hall–Kier alpha value is -6.74. The number of cyclic esters (lactones) is 1. The molecular weight excluding hydrogens is 1140 g/mol. The number of esters is 1. The number of carboxylic acid groups (broad SMARTS) is 1. The van der Waals surface area contributed by atoms with Crippen LogP contribution < -0.4 is 42.0 Å². The van der Waals surface area contributed by atoms with Crippen LogP contribution in [0.2, 0.25) is 5.02 Å². The molecule has 14 atom stereocenters. The van der Waals surface area contributed by atoms with Crippen LogP contribution in [-0.4, -0.2) is 168 Å². The number of hydrogen-bond acceptors (Lipinski definition) is 17. The predicted molar refractivity (Wildman–Crippen MR) is 311 cm³/mol. The lowest BCUT2D eigenvalue weighted by Gasteiger charge is -2.39. The molecule has 0 radical (unpaired) electrons. The van der Waals surface area contributed by atoms with Crippen LogP contribution in [0.15, 0.2) is 54.6 Å². The zero-order chi connectivity index (χ0) is 63.7. The molecule has 0 aliphatic carbocycles. The summed E-state index contributed by atoms with van der Waals surface area (Å²) in [4.78, 5) is 120. The van der Waals surface area contributed by atoms with Crippen LogP contribution in [0.5, 0.6) is 5.75 Å². The maximum Gasteiger partial charge on any atom is 0.328 e. The number of hydrogen-bond donors (Lipinski definition) is 11. The average Bonchev–Trinajstić information content (AvgIpc) is 1.97. The van der Waals surface area contributed by atoms with Crippen molar-refractivity contribution in [3.63, 3.8) is 0 Å². The van der Waals surface area contributed by atoms with Crippen molar-refractivity contribution in [1.82, 2.24) is 37.2 Å². The Bertz CT molecular complexity index is 2730. The molecule has 0 bridgehead atoms. The number of benzene rings is 2. The third-order valence-corrected chi connectivity index (χ3v) is 16.0. The minimum Gasteiger partial charge on any atom is -0.495 e. The van der Waals surface area contributed by atoms with Crippen molar-refractivity contribution in [3.05, 3.63) is 76.3 Å². The normalized spacial score (nSPS) is 26.8. The van der Waals surface area contributed by atoms with E-state index in [2.05, 4.69) is 37.2 Å². The van der Waals surface area contributed by atoms with E-state index in [-0.39, 0.29) is 70.4 Å². The molecule has 2 fully saturated rings. The fourth-order valence-corrected chi connectivity index (χ4v) is 10.1. The summed E-state index contributed by atoms with van der Waals surface area (Å²) in [7, 11) is 2.71. The summed E-state index contributed by atoms with van der Waals surface area (Å²) in [5.41, 5.74) is 0.779. The third-order valence-electron chi connectivity index (χ3n) is 15.7. The van der Waals surface area contributed by atoms with E-state index in [4.69, 9.17) is 40.4 Å². The van der Waals surface area contributed by atoms with Crippen molar-refractivity contribution in [2.75, 3.05) is 20.8 Å². The number of carbonyl (C=O) groups is 9. The standard InChI is InChI=1S/C60H86ClN7O18/c1-30(2)25-40-57(80)84-41(13-11-14-45(70)65-39(27-35-19-23-42(82-9)37(61)26-35)55(78)64-33(6)60(7,8)59(81)67-40)32(5)52-53(86-52)36-20-17-34(18-21-36)28-63-54(77)38(66-56(79)48(31(3)4)68-46(71)15-12-16-47(72)73)22-24-44(69)62-29-43-49(74)50(75)51(76)58(83-10)85-43/h11,14,17-21,23,26,30-33,38-41,43,48-53,58,74-76H,12-13,15-16,22,24-25,27-29H2,1-10H3,(H,62,69)(H,63,77)(H,64,78)(H,65,70)(H,66,79)(H,67,81)(H,68,71)(H,72,73)/b14-11+/t32-,33-,38-,39+,40-,41-,43+,48-,49+,50-,51+,52+,53+,58+/m0/s1. The molecule has 7 amide bonds. The Balaban J connectivity index is 1.29. The van der Waals surface area contributed by atoms with Crippen molar-refractivity contribution in [1.29, 1.82) is 0 Å². The monoisotopic (exact) mass is 1230 g/mol. The average molecular weight is 1230 g/mol. The molecule has 476 valence electrons. The molecule has 26 heteroatoms. The van der Waals surface area contributed by atoms with Gasteiger partial charge in [0.2, 0.25) is 41.4 Å². The minimum atomic E-state index is -1.63. The Kier molecular flexibility index (Phi) is 26.3. The highest BCUT2D eigenvalue weighted by Gasteiger charge is 2.48. The van der Waals surface area contributed by atoms with Crippen LogP contribution in [0.1, 0.15) is 123 Å². The number of carbonyl (C=O) groups excluding carboxylic acids is 8.